The highest BCUT2D eigenvalue weighted by molar-refractivity contribution is 7.82. The van der Waals surface area contributed by atoms with Crippen LogP contribution in [0, 0.1) is 0 Å². The molecule has 4 heteroatoms. The molecule has 1 N–H and O–H groups in total. The molecule has 0 spiro atoms. The molecule has 0 bridgehead atoms. The van der Waals surface area contributed by atoms with Crippen molar-refractivity contribution in [1.29, 1.82) is 0 Å². The van der Waals surface area contributed by atoms with Gasteiger partial charge in [0.25, 0.3) is 0 Å². The van der Waals surface area contributed by atoms with Crippen LogP contribution >= 0.6 is 12.2 Å². The molecule has 0 heterocycles. The number of unbranched alkanes of at least 4 members (excludes halogenated alkanes) is 3. The SMILES string of the molecule is CC(=S)C(=O)OO.CCCCCC. The van der Waals surface area contributed by atoms with E-state index in [9.17, 15) is 4.79 Å². The molecule has 0 saturated carbocycles. The van der Waals surface area contributed by atoms with Crippen LogP contribution in [0.4, 0.5) is 0 Å². The highest BCUT2D eigenvalue weighted by atomic mass is 32.1. The van der Waals surface area contributed by atoms with E-state index in [2.05, 4.69) is 31.0 Å². The van der Waals surface area contributed by atoms with Crippen LogP contribution in [0.1, 0.15) is 46.5 Å². The fourth-order valence-corrected chi connectivity index (χ4v) is 0.602. The van der Waals surface area contributed by atoms with Crippen molar-refractivity contribution in [2.24, 2.45) is 0 Å². The van der Waals surface area contributed by atoms with E-state index in [1.807, 2.05) is 0 Å². The average Bonchev–Trinajstić information content (AvgIpc) is 2.14. The van der Waals surface area contributed by atoms with Crippen molar-refractivity contribution in [1.82, 2.24) is 0 Å². The average molecular weight is 206 g/mol. The van der Waals surface area contributed by atoms with Gasteiger partial charge >= 0.3 is 5.97 Å². The van der Waals surface area contributed by atoms with Gasteiger partial charge in [-0.2, -0.15) is 5.26 Å². The predicted octanol–water partition coefficient (Wildman–Crippen LogP) is 2.98. The Labute approximate surface area is 85.0 Å². The standard InChI is InChI=1S/C6H14.C3H4O3S/c1-3-5-6-4-2;1-2(7)3(4)6-5/h3-6H2,1-2H3;5H,1H3. The molecular formula is C9H18O3S. The van der Waals surface area contributed by atoms with E-state index in [0.717, 1.165) is 0 Å². The number of rotatable bonds is 4. The Morgan fingerprint density at radius 2 is 1.69 bits per heavy atom. The molecule has 0 fully saturated rings. The van der Waals surface area contributed by atoms with Crippen LogP contribution in [-0.4, -0.2) is 16.1 Å². The summed E-state index contributed by atoms with van der Waals surface area (Å²) in [5.41, 5.74) is 0. The highest BCUT2D eigenvalue weighted by Crippen LogP contribution is 1.95. The summed E-state index contributed by atoms with van der Waals surface area (Å²) < 4.78 is 0. The Balaban J connectivity index is 0. The van der Waals surface area contributed by atoms with Crippen LogP contribution in [0.25, 0.3) is 0 Å². The van der Waals surface area contributed by atoms with Crippen molar-refractivity contribution < 1.29 is 14.9 Å². The molecule has 0 aliphatic heterocycles. The van der Waals surface area contributed by atoms with Gasteiger partial charge in [-0.1, -0.05) is 51.7 Å². The quantitative estimate of drug-likeness (QED) is 0.332. The molecule has 78 valence electrons. The molecule has 0 aromatic rings. The zero-order valence-corrected chi connectivity index (χ0v) is 9.32. The molecule has 0 aliphatic rings. The smallest absolute Gasteiger partial charge is 0.295 e. The lowest BCUT2D eigenvalue weighted by atomic mass is 10.2. The lowest BCUT2D eigenvalue weighted by molar-refractivity contribution is -0.225. The third-order valence-corrected chi connectivity index (χ3v) is 1.49. The lowest BCUT2D eigenvalue weighted by Crippen LogP contribution is -2.08. The molecule has 0 saturated heterocycles. The Morgan fingerprint density at radius 1 is 1.31 bits per heavy atom. The van der Waals surface area contributed by atoms with E-state index < -0.39 is 5.97 Å². The first kappa shape index (κ1) is 15.0. The second-order valence-corrected chi connectivity index (χ2v) is 3.25. The van der Waals surface area contributed by atoms with E-state index in [1.54, 1.807) is 0 Å². The summed E-state index contributed by atoms with van der Waals surface area (Å²) in [6, 6.07) is 0. The zero-order chi connectivity index (χ0) is 10.7. The summed E-state index contributed by atoms with van der Waals surface area (Å²) in [4.78, 5) is 13.1. The molecular weight excluding hydrogens is 188 g/mol. The fraction of sp³-hybridized carbons (Fsp3) is 0.778. The highest BCUT2D eigenvalue weighted by Gasteiger charge is 2.00. The number of carbonyl (C=O) groups is 1. The minimum Gasteiger partial charge on any atom is -0.295 e. The first-order valence-electron chi connectivity index (χ1n) is 4.46. The third-order valence-electron chi connectivity index (χ3n) is 1.33. The first-order valence-corrected chi connectivity index (χ1v) is 4.87. The van der Waals surface area contributed by atoms with Crippen LogP contribution in [0.15, 0.2) is 0 Å². The van der Waals surface area contributed by atoms with Crippen LogP contribution in [0.3, 0.4) is 0 Å². The monoisotopic (exact) mass is 206 g/mol. The van der Waals surface area contributed by atoms with Gasteiger partial charge in [-0.3, -0.25) is 4.89 Å². The van der Waals surface area contributed by atoms with Crippen molar-refractivity contribution in [3.63, 3.8) is 0 Å². The molecule has 3 nitrogen and oxygen atoms in total. The number of hydrogen-bond donors (Lipinski definition) is 1. The summed E-state index contributed by atoms with van der Waals surface area (Å²) in [6.45, 7) is 5.83. The van der Waals surface area contributed by atoms with Gasteiger partial charge in [-0.05, 0) is 6.92 Å². The van der Waals surface area contributed by atoms with Gasteiger partial charge in [0.2, 0.25) is 0 Å². The molecule has 0 amide bonds. The Kier molecular flexibility index (Phi) is 13.3. The summed E-state index contributed by atoms with van der Waals surface area (Å²) in [6.07, 6.45) is 5.54. The van der Waals surface area contributed by atoms with Crippen LogP contribution in [0.5, 0.6) is 0 Å². The summed E-state index contributed by atoms with van der Waals surface area (Å²) in [5, 5.41) is 7.57. The van der Waals surface area contributed by atoms with Crippen molar-refractivity contribution >= 4 is 23.1 Å². The van der Waals surface area contributed by atoms with E-state index in [4.69, 9.17) is 5.26 Å². The molecule has 0 rings (SSSR count). The van der Waals surface area contributed by atoms with Crippen molar-refractivity contribution in [3.8, 4) is 0 Å². The van der Waals surface area contributed by atoms with E-state index in [-0.39, 0.29) is 4.86 Å². The number of hydrogen-bond acceptors (Lipinski definition) is 4. The van der Waals surface area contributed by atoms with Gasteiger partial charge in [0.05, 0.1) is 0 Å². The van der Waals surface area contributed by atoms with Gasteiger partial charge in [0.1, 0.15) is 4.86 Å². The molecule has 0 radical (unpaired) electrons. The topological polar surface area (TPSA) is 46.5 Å². The van der Waals surface area contributed by atoms with Gasteiger partial charge in [0, 0.05) is 0 Å². The molecule has 0 aliphatic carbocycles. The molecule has 0 unspecified atom stereocenters. The largest absolute Gasteiger partial charge is 0.379 e. The summed E-state index contributed by atoms with van der Waals surface area (Å²) >= 11 is 4.28. The maximum Gasteiger partial charge on any atom is 0.379 e. The van der Waals surface area contributed by atoms with Crippen LogP contribution in [0.2, 0.25) is 0 Å². The first-order chi connectivity index (χ1) is 6.09. The van der Waals surface area contributed by atoms with Gasteiger partial charge in [0.15, 0.2) is 0 Å². The maximum absolute atomic E-state index is 9.90. The van der Waals surface area contributed by atoms with E-state index in [0.29, 0.717) is 0 Å². The zero-order valence-electron chi connectivity index (χ0n) is 8.50. The second-order valence-electron chi connectivity index (χ2n) is 2.64. The molecule has 0 aromatic heterocycles. The van der Waals surface area contributed by atoms with E-state index in [1.165, 1.54) is 32.6 Å². The minimum atomic E-state index is -0.866. The number of carbonyl (C=O) groups excluding carboxylic acids is 1. The van der Waals surface area contributed by atoms with Gasteiger partial charge in [-0.15, -0.1) is 0 Å². The Morgan fingerprint density at radius 3 is 1.77 bits per heavy atom. The number of thiocarbonyl (C=S) groups is 1. The van der Waals surface area contributed by atoms with Crippen LogP contribution in [-0.2, 0) is 9.68 Å². The van der Waals surface area contributed by atoms with Crippen molar-refractivity contribution in [2.45, 2.75) is 46.5 Å². The second kappa shape index (κ2) is 11.5. The summed E-state index contributed by atoms with van der Waals surface area (Å²) in [5.74, 6) is -0.866. The molecule has 0 atom stereocenters. The Bertz CT molecular complexity index is 142. The maximum atomic E-state index is 9.90. The van der Waals surface area contributed by atoms with Gasteiger partial charge in [-0.25, -0.2) is 4.79 Å². The minimum absolute atomic E-state index is 0.0162. The van der Waals surface area contributed by atoms with Crippen LogP contribution < -0.4 is 0 Å². The third kappa shape index (κ3) is 14.4. The Hall–Kier alpha value is -0.480. The summed E-state index contributed by atoms with van der Waals surface area (Å²) in [7, 11) is 0. The van der Waals surface area contributed by atoms with Crippen molar-refractivity contribution in [2.75, 3.05) is 0 Å². The fourth-order valence-electron chi connectivity index (χ4n) is 0.564. The van der Waals surface area contributed by atoms with E-state index >= 15 is 0 Å². The normalized spacial score (nSPS) is 8.31. The van der Waals surface area contributed by atoms with Gasteiger partial charge < -0.3 is 0 Å². The predicted molar refractivity (Wildman–Crippen MR) is 56.8 cm³/mol. The lowest BCUT2D eigenvalue weighted by Gasteiger charge is -1.86. The molecule has 0 aromatic carbocycles. The molecule has 13 heavy (non-hydrogen) atoms. The van der Waals surface area contributed by atoms with Crippen molar-refractivity contribution in [3.05, 3.63) is 0 Å².